The van der Waals surface area contributed by atoms with Crippen LogP contribution >= 0.6 is 8.03 Å². The average molecular weight is 198 g/mol. The molecule has 0 radical (unpaired) electrons. The molecule has 0 bridgehead atoms. The van der Waals surface area contributed by atoms with Gasteiger partial charge < -0.3 is 4.52 Å². The molecular weight excluding hydrogens is 183 g/mol. The van der Waals surface area contributed by atoms with E-state index in [4.69, 9.17) is 4.52 Å². The highest BCUT2D eigenvalue weighted by atomic mass is 31.1. The molecule has 72 valence electrons. The molecule has 3 heteroatoms. The van der Waals surface area contributed by atoms with E-state index in [1.54, 1.807) is 0 Å². The van der Waals surface area contributed by atoms with Gasteiger partial charge in [0.1, 0.15) is 5.75 Å². The number of para-hydroxylation sites is 1. The van der Waals surface area contributed by atoms with Gasteiger partial charge in [0.25, 0.3) is 0 Å². The van der Waals surface area contributed by atoms with Crippen LogP contribution in [0.5, 0.6) is 5.75 Å². The van der Waals surface area contributed by atoms with Gasteiger partial charge in [-0.1, -0.05) is 39.0 Å². The van der Waals surface area contributed by atoms with Gasteiger partial charge >= 0.3 is 0 Å². The Morgan fingerprint density at radius 3 is 2.15 bits per heavy atom. The molecule has 0 saturated carbocycles. The summed E-state index contributed by atoms with van der Waals surface area (Å²) >= 11 is 0. The molecular formula is C10H15O2P. The Hall–Kier alpha value is -0.750. The molecule has 0 fully saturated rings. The molecule has 0 aliphatic carbocycles. The summed E-state index contributed by atoms with van der Waals surface area (Å²) in [6.07, 6.45) is 0. The summed E-state index contributed by atoms with van der Waals surface area (Å²) in [4.78, 5) is 0. The lowest BCUT2D eigenvalue weighted by molar-refractivity contribution is 0.476. The topological polar surface area (TPSA) is 26.3 Å². The minimum absolute atomic E-state index is 0.263. The van der Waals surface area contributed by atoms with Gasteiger partial charge in [0.15, 0.2) is 0 Å². The van der Waals surface area contributed by atoms with Crippen molar-refractivity contribution in [3.63, 3.8) is 0 Å². The van der Waals surface area contributed by atoms with Gasteiger partial charge in [-0.3, -0.25) is 4.57 Å². The minimum Gasteiger partial charge on any atom is -0.444 e. The maximum absolute atomic E-state index is 11.6. The Balaban J connectivity index is 2.66. The van der Waals surface area contributed by atoms with Crippen LogP contribution < -0.4 is 4.52 Å². The normalized spacial score (nSPS) is 13.8. The first-order valence-electron chi connectivity index (χ1n) is 4.27. The molecule has 0 spiro atoms. The standard InChI is InChI=1S/C10H15O2P/c1-10(2,3)13(11)12-9-7-5-4-6-8-9/h4-8,13H,1-3H3. The molecule has 1 aromatic rings. The molecule has 1 unspecified atom stereocenters. The van der Waals surface area contributed by atoms with Gasteiger partial charge in [0.05, 0.1) is 0 Å². The molecule has 0 aromatic heterocycles. The van der Waals surface area contributed by atoms with Crippen LogP contribution in [0.15, 0.2) is 30.3 Å². The second kappa shape index (κ2) is 3.97. The van der Waals surface area contributed by atoms with Crippen molar-refractivity contribution < 1.29 is 9.09 Å². The van der Waals surface area contributed by atoms with Crippen molar-refractivity contribution in [1.29, 1.82) is 0 Å². The summed E-state index contributed by atoms with van der Waals surface area (Å²) in [6, 6.07) is 9.27. The quantitative estimate of drug-likeness (QED) is 0.681. The fourth-order valence-electron chi connectivity index (χ4n) is 0.749. The second-order valence-electron chi connectivity index (χ2n) is 3.95. The van der Waals surface area contributed by atoms with Crippen LogP contribution in [0.2, 0.25) is 0 Å². The predicted octanol–water partition coefficient (Wildman–Crippen LogP) is 3.34. The van der Waals surface area contributed by atoms with Crippen LogP contribution in [0.4, 0.5) is 0 Å². The van der Waals surface area contributed by atoms with Gasteiger partial charge in [0.2, 0.25) is 8.03 Å². The molecule has 0 saturated heterocycles. The SMILES string of the molecule is CC(C)(C)[PH](=O)Oc1ccccc1. The van der Waals surface area contributed by atoms with E-state index in [9.17, 15) is 4.57 Å². The van der Waals surface area contributed by atoms with Crippen LogP contribution in [-0.4, -0.2) is 5.16 Å². The van der Waals surface area contributed by atoms with Crippen LogP contribution in [-0.2, 0) is 4.57 Å². The first kappa shape index (κ1) is 10.3. The Labute approximate surface area is 79.8 Å². The van der Waals surface area contributed by atoms with E-state index in [1.807, 2.05) is 51.1 Å². The summed E-state index contributed by atoms with van der Waals surface area (Å²) < 4.78 is 16.9. The molecule has 1 atom stereocenters. The van der Waals surface area contributed by atoms with E-state index in [0.717, 1.165) is 0 Å². The van der Waals surface area contributed by atoms with Crippen molar-refractivity contribution in [1.82, 2.24) is 0 Å². The number of rotatable bonds is 2. The van der Waals surface area contributed by atoms with Gasteiger partial charge in [-0.15, -0.1) is 0 Å². The second-order valence-corrected chi connectivity index (χ2v) is 6.23. The van der Waals surface area contributed by atoms with Crippen LogP contribution in [0.1, 0.15) is 20.8 Å². The van der Waals surface area contributed by atoms with Crippen molar-refractivity contribution in [2.75, 3.05) is 0 Å². The Morgan fingerprint density at radius 1 is 1.15 bits per heavy atom. The van der Waals surface area contributed by atoms with E-state index in [-0.39, 0.29) is 5.16 Å². The molecule has 13 heavy (non-hydrogen) atoms. The smallest absolute Gasteiger partial charge is 0.241 e. The highest BCUT2D eigenvalue weighted by molar-refractivity contribution is 7.41. The average Bonchev–Trinajstić information content (AvgIpc) is 2.04. The summed E-state index contributed by atoms with van der Waals surface area (Å²) in [7, 11) is -2.01. The molecule has 0 aliphatic rings. The first-order valence-corrected chi connectivity index (χ1v) is 5.59. The van der Waals surface area contributed by atoms with Crippen molar-refractivity contribution in [3.05, 3.63) is 30.3 Å². The third-order valence-electron chi connectivity index (χ3n) is 1.57. The lowest BCUT2D eigenvalue weighted by Gasteiger charge is -2.18. The molecule has 1 aromatic carbocycles. The highest BCUT2D eigenvalue weighted by Crippen LogP contribution is 2.39. The van der Waals surface area contributed by atoms with Gasteiger partial charge in [0, 0.05) is 5.16 Å². The van der Waals surface area contributed by atoms with Crippen molar-refractivity contribution in [2.45, 2.75) is 25.9 Å². The Morgan fingerprint density at radius 2 is 1.69 bits per heavy atom. The van der Waals surface area contributed by atoms with E-state index in [1.165, 1.54) is 0 Å². The third kappa shape index (κ3) is 3.23. The monoisotopic (exact) mass is 198 g/mol. The summed E-state index contributed by atoms with van der Waals surface area (Å²) in [5.74, 6) is 0.682. The van der Waals surface area contributed by atoms with Gasteiger partial charge in [-0.25, -0.2) is 0 Å². The fourth-order valence-corrected chi connectivity index (χ4v) is 1.41. The molecule has 0 aliphatic heterocycles. The zero-order valence-electron chi connectivity index (χ0n) is 8.20. The summed E-state index contributed by atoms with van der Waals surface area (Å²) in [5.41, 5.74) is 0. The summed E-state index contributed by atoms with van der Waals surface area (Å²) in [6.45, 7) is 5.74. The van der Waals surface area contributed by atoms with Crippen LogP contribution in [0.25, 0.3) is 0 Å². The van der Waals surface area contributed by atoms with Crippen molar-refractivity contribution >= 4 is 8.03 Å². The molecule has 0 heterocycles. The highest BCUT2D eigenvalue weighted by Gasteiger charge is 2.20. The maximum atomic E-state index is 11.6. The maximum Gasteiger partial charge on any atom is 0.241 e. The molecule has 0 N–H and O–H groups in total. The zero-order chi connectivity index (χ0) is 9.90. The molecule has 2 nitrogen and oxygen atoms in total. The largest absolute Gasteiger partial charge is 0.444 e. The lowest BCUT2D eigenvalue weighted by atomic mass is 10.3. The molecule has 1 rings (SSSR count). The number of hydrogen-bond acceptors (Lipinski definition) is 2. The Bertz CT molecular complexity index is 288. The van der Waals surface area contributed by atoms with E-state index in [2.05, 4.69) is 0 Å². The van der Waals surface area contributed by atoms with Crippen molar-refractivity contribution in [2.24, 2.45) is 0 Å². The zero-order valence-corrected chi connectivity index (χ0v) is 9.20. The van der Waals surface area contributed by atoms with E-state index >= 15 is 0 Å². The third-order valence-corrected chi connectivity index (χ3v) is 3.21. The van der Waals surface area contributed by atoms with E-state index < -0.39 is 8.03 Å². The lowest BCUT2D eigenvalue weighted by Crippen LogP contribution is -2.09. The van der Waals surface area contributed by atoms with Gasteiger partial charge in [-0.05, 0) is 12.1 Å². The minimum atomic E-state index is -2.01. The Kier molecular flexibility index (Phi) is 3.16. The number of benzene rings is 1. The van der Waals surface area contributed by atoms with Crippen molar-refractivity contribution in [3.8, 4) is 5.75 Å². The number of hydrogen-bond donors (Lipinski definition) is 0. The van der Waals surface area contributed by atoms with Gasteiger partial charge in [-0.2, -0.15) is 0 Å². The first-order chi connectivity index (χ1) is 6.00. The summed E-state index contributed by atoms with van der Waals surface area (Å²) in [5, 5.41) is -0.263. The van der Waals surface area contributed by atoms with Crippen LogP contribution in [0.3, 0.4) is 0 Å². The fraction of sp³-hybridized carbons (Fsp3) is 0.400. The van der Waals surface area contributed by atoms with E-state index in [0.29, 0.717) is 5.75 Å². The predicted molar refractivity (Wildman–Crippen MR) is 55.8 cm³/mol. The molecule has 0 amide bonds. The van der Waals surface area contributed by atoms with Crippen LogP contribution in [0, 0.1) is 0 Å².